The van der Waals surface area contributed by atoms with Crippen LogP contribution in [-0.4, -0.2) is 45.8 Å². The van der Waals surface area contributed by atoms with Crippen molar-refractivity contribution in [3.05, 3.63) is 48.0 Å². The van der Waals surface area contributed by atoms with Gasteiger partial charge in [-0.25, -0.2) is 14.8 Å². The zero-order chi connectivity index (χ0) is 21.2. The minimum Gasteiger partial charge on any atom is -0.354 e. The summed E-state index contributed by atoms with van der Waals surface area (Å²) in [5.41, 5.74) is 4.63. The summed E-state index contributed by atoms with van der Waals surface area (Å²) in [7, 11) is 0. The number of nitrogens with zero attached hydrogens (tertiary/aromatic N) is 5. The molecule has 1 amide bonds. The molecule has 31 heavy (non-hydrogen) atoms. The molecule has 0 bridgehead atoms. The monoisotopic (exact) mass is 421 g/mol. The maximum Gasteiger partial charge on any atom is 0.245 e. The van der Waals surface area contributed by atoms with Crippen LogP contribution in [0.4, 0.5) is 16.2 Å². The van der Waals surface area contributed by atoms with Gasteiger partial charge in [-0.2, -0.15) is 10.1 Å². The van der Waals surface area contributed by atoms with Crippen LogP contribution >= 0.6 is 0 Å². The second-order valence-corrected chi connectivity index (χ2v) is 8.00. The number of nitrogens with one attached hydrogen (secondary N) is 2. The molecule has 0 radical (unpaired) electrons. The van der Waals surface area contributed by atoms with Crippen molar-refractivity contribution >= 4 is 34.8 Å². The van der Waals surface area contributed by atoms with E-state index in [4.69, 9.17) is 0 Å². The molecule has 8 nitrogen and oxygen atoms in total. The number of carbonyl (C=O) groups excluding carboxylic acids is 1. The number of halogens is 1. The van der Waals surface area contributed by atoms with Gasteiger partial charge in [-0.1, -0.05) is 18.2 Å². The minimum absolute atomic E-state index is 0.0130. The number of carbonyl (C=O) groups is 1. The van der Waals surface area contributed by atoms with Crippen molar-refractivity contribution in [1.82, 2.24) is 19.9 Å². The minimum atomic E-state index is -0.427. The first-order valence-corrected chi connectivity index (χ1v) is 10.6. The highest BCUT2D eigenvalue weighted by Gasteiger charge is 2.23. The highest BCUT2D eigenvalue weighted by atomic mass is 19.1. The SMILES string of the molecule is O=C(Cn1cc(C=NNc2ncc(F)c(N3CCCC3)n2)c2ccccc21)NC1CC1. The summed E-state index contributed by atoms with van der Waals surface area (Å²) in [6.45, 7) is 1.85. The van der Waals surface area contributed by atoms with Crippen molar-refractivity contribution in [2.24, 2.45) is 5.10 Å². The number of anilines is 2. The van der Waals surface area contributed by atoms with Crippen molar-refractivity contribution in [1.29, 1.82) is 0 Å². The van der Waals surface area contributed by atoms with Crippen LogP contribution in [0.3, 0.4) is 0 Å². The highest BCUT2D eigenvalue weighted by molar-refractivity contribution is 6.00. The Labute approximate surface area is 179 Å². The molecule has 3 heterocycles. The number of para-hydroxylation sites is 1. The number of hydrazone groups is 1. The molecule has 2 fully saturated rings. The van der Waals surface area contributed by atoms with Gasteiger partial charge < -0.3 is 14.8 Å². The third-order valence-electron chi connectivity index (χ3n) is 5.58. The van der Waals surface area contributed by atoms with Crippen LogP contribution in [0.2, 0.25) is 0 Å². The number of hydrogen-bond acceptors (Lipinski definition) is 6. The van der Waals surface area contributed by atoms with Crippen LogP contribution in [0.25, 0.3) is 10.9 Å². The van der Waals surface area contributed by atoms with Gasteiger partial charge in [0.05, 0.1) is 12.4 Å². The Hall–Kier alpha value is -3.49. The summed E-state index contributed by atoms with van der Waals surface area (Å²) in [6.07, 6.45) is 8.94. The molecule has 9 heteroatoms. The number of aromatic nitrogens is 3. The lowest BCUT2D eigenvalue weighted by atomic mass is 10.2. The van der Waals surface area contributed by atoms with Gasteiger partial charge >= 0.3 is 0 Å². The molecular formula is C22H24FN7O. The summed E-state index contributed by atoms with van der Waals surface area (Å²) < 4.78 is 16.0. The van der Waals surface area contributed by atoms with Crippen molar-refractivity contribution in [2.75, 3.05) is 23.4 Å². The molecule has 5 rings (SSSR count). The smallest absolute Gasteiger partial charge is 0.245 e. The largest absolute Gasteiger partial charge is 0.354 e. The zero-order valence-corrected chi connectivity index (χ0v) is 17.1. The Morgan fingerprint density at radius 2 is 2.06 bits per heavy atom. The third kappa shape index (κ3) is 4.35. The molecule has 160 valence electrons. The number of rotatable bonds is 7. The van der Waals surface area contributed by atoms with Crippen LogP contribution < -0.4 is 15.6 Å². The molecule has 2 aromatic heterocycles. The molecule has 2 aliphatic rings. The van der Waals surface area contributed by atoms with Crippen molar-refractivity contribution < 1.29 is 9.18 Å². The van der Waals surface area contributed by atoms with E-state index in [1.54, 1.807) is 6.21 Å². The van der Waals surface area contributed by atoms with E-state index in [1.165, 1.54) is 6.20 Å². The van der Waals surface area contributed by atoms with E-state index in [-0.39, 0.29) is 18.4 Å². The van der Waals surface area contributed by atoms with E-state index < -0.39 is 5.82 Å². The summed E-state index contributed by atoms with van der Waals surface area (Å²) in [4.78, 5) is 22.4. The molecule has 1 aliphatic carbocycles. The fourth-order valence-corrected chi connectivity index (χ4v) is 3.89. The molecule has 3 aromatic rings. The van der Waals surface area contributed by atoms with E-state index in [0.717, 1.165) is 55.2 Å². The number of benzene rings is 1. The van der Waals surface area contributed by atoms with Crippen LogP contribution in [0, 0.1) is 5.82 Å². The quantitative estimate of drug-likeness (QED) is 0.453. The Bertz CT molecular complexity index is 1130. The van der Waals surface area contributed by atoms with Crippen molar-refractivity contribution in [3.8, 4) is 0 Å². The van der Waals surface area contributed by atoms with Gasteiger partial charge in [-0.05, 0) is 31.7 Å². The zero-order valence-electron chi connectivity index (χ0n) is 17.1. The average molecular weight is 421 g/mol. The number of amides is 1. The molecule has 1 saturated carbocycles. The molecule has 1 saturated heterocycles. The van der Waals surface area contributed by atoms with Gasteiger partial charge in [0.1, 0.15) is 6.54 Å². The Morgan fingerprint density at radius 1 is 1.26 bits per heavy atom. The predicted octanol–water partition coefficient (Wildman–Crippen LogP) is 2.90. The summed E-state index contributed by atoms with van der Waals surface area (Å²) >= 11 is 0. The fourth-order valence-electron chi connectivity index (χ4n) is 3.89. The number of fused-ring (bicyclic) bond motifs is 1. The van der Waals surface area contributed by atoms with Gasteiger partial charge in [0.15, 0.2) is 11.6 Å². The lowest BCUT2D eigenvalue weighted by molar-refractivity contribution is -0.121. The van der Waals surface area contributed by atoms with Gasteiger partial charge in [-0.15, -0.1) is 0 Å². The second kappa shape index (κ2) is 8.33. The molecule has 1 aliphatic heterocycles. The molecule has 0 unspecified atom stereocenters. The first-order valence-electron chi connectivity index (χ1n) is 10.6. The first-order chi connectivity index (χ1) is 15.2. The first kappa shape index (κ1) is 19.5. The predicted molar refractivity (Wildman–Crippen MR) is 118 cm³/mol. The van der Waals surface area contributed by atoms with Crippen LogP contribution in [0.15, 0.2) is 41.8 Å². The van der Waals surface area contributed by atoms with E-state index in [9.17, 15) is 9.18 Å². The topological polar surface area (TPSA) is 87.4 Å². The third-order valence-corrected chi connectivity index (χ3v) is 5.58. The Morgan fingerprint density at radius 3 is 2.87 bits per heavy atom. The molecular weight excluding hydrogens is 397 g/mol. The average Bonchev–Trinajstić information content (AvgIpc) is 3.29. The van der Waals surface area contributed by atoms with Gasteiger partial charge in [0.25, 0.3) is 0 Å². The Kier molecular flexibility index (Phi) is 5.23. The van der Waals surface area contributed by atoms with Gasteiger partial charge in [-0.3, -0.25) is 4.79 Å². The molecule has 2 N–H and O–H groups in total. The van der Waals surface area contributed by atoms with Crippen LogP contribution in [0.5, 0.6) is 0 Å². The summed E-state index contributed by atoms with van der Waals surface area (Å²) in [6, 6.07) is 8.21. The summed E-state index contributed by atoms with van der Waals surface area (Å²) in [5, 5.41) is 8.26. The maximum absolute atomic E-state index is 14.1. The maximum atomic E-state index is 14.1. The number of hydrogen-bond donors (Lipinski definition) is 2. The van der Waals surface area contributed by atoms with Crippen LogP contribution in [-0.2, 0) is 11.3 Å². The fraction of sp³-hybridized carbons (Fsp3) is 0.364. The second-order valence-electron chi connectivity index (χ2n) is 8.00. The van der Waals surface area contributed by atoms with E-state index >= 15 is 0 Å². The van der Waals surface area contributed by atoms with Crippen molar-refractivity contribution in [3.63, 3.8) is 0 Å². The van der Waals surface area contributed by atoms with Crippen LogP contribution in [0.1, 0.15) is 31.2 Å². The lowest BCUT2D eigenvalue weighted by Crippen LogP contribution is -2.29. The lowest BCUT2D eigenvalue weighted by Gasteiger charge is -2.16. The molecule has 0 spiro atoms. The molecule has 1 aromatic carbocycles. The normalized spacial score (nSPS) is 16.4. The van der Waals surface area contributed by atoms with E-state index in [0.29, 0.717) is 11.9 Å². The van der Waals surface area contributed by atoms with Gasteiger partial charge in [0.2, 0.25) is 11.9 Å². The highest BCUT2D eigenvalue weighted by Crippen LogP contribution is 2.23. The van der Waals surface area contributed by atoms with E-state index in [1.807, 2.05) is 39.9 Å². The van der Waals surface area contributed by atoms with Gasteiger partial charge in [0, 0.05) is 41.8 Å². The van der Waals surface area contributed by atoms with Crippen molar-refractivity contribution in [2.45, 2.75) is 38.3 Å². The standard InChI is InChI=1S/C22H24FN7O/c23-18-12-24-22(27-21(18)29-9-3-4-10-29)28-25-11-15-13-30(14-20(31)26-16-7-8-16)19-6-2-1-5-17(15)19/h1-2,5-6,11-13,16H,3-4,7-10,14H2,(H,26,31)(H,24,27,28). The van der Waals surface area contributed by atoms with E-state index in [2.05, 4.69) is 25.8 Å². The summed E-state index contributed by atoms with van der Waals surface area (Å²) in [5.74, 6) is 0.138. The Balaban J connectivity index is 1.33. The molecule has 0 atom stereocenters.